The van der Waals surface area contributed by atoms with Crippen LogP contribution < -0.4 is 9.47 Å². The first-order valence-electron chi connectivity index (χ1n) is 10.6. The maximum Gasteiger partial charge on any atom is 0.278 e. The normalized spacial score (nSPS) is 19.8. The molecule has 2 aromatic carbocycles. The van der Waals surface area contributed by atoms with E-state index in [0.29, 0.717) is 5.19 Å². The minimum absolute atomic E-state index is 0.126. The summed E-state index contributed by atoms with van der Waals surface area (Å²) in [4.78, 5) is 10.6. The van der Waals surface area contributed by atoms with Crippen molar-refractivity contribution in [3.63, 3.8) is 0 Å². The van der Waals surface area contributed by atoms with E-state index in [9.17, 15) is 0 Å². The standard InChI is InChI=1S/C24H27N3O2S/c1-26-11-13-27(14-12-26)17-21-16-25-24(30-21)28-20-8-10-23-19(15-20)7-9-22(29-23)18-5-3-2-4-6-18/h2-6,8,10,15-16,22H,7,9,11-14,17H2,1H3. The number of likely N-dealkylation sites (N-methyl/N-ethyl adjacent to an activating group) is 1. The number of nitrogens with zero attached hydrogens (tertiary/aromatic N) is 3. The van der Waals surface area contributed by atoms with Gasteiger partial charge in [-0.3, -0.25) is 4.90 Å². The summed E-state index contributed by atoms with van der Waals surface area (Å²) >= 11 is 1.64. The van der Waals surface area contributed by atoms with Crippen molar-refractivity contribution >= 4 is 11.3 Å². The Hall–Kier alpha value is -2.41. The molecule has 1 aromatic heterocycles. The van der Waals surface area contributed by atoms with E-state index in [-0.39, 0.29) is 6.10 Å². The SMILES string of the molecule is CN1CCN(Cc2cnc(Oc3ccc4c(c3)CCC(c3ccccc3)O4)s2)CC1. The van der Waals surface area contributed by atoms with Gasteiger partial charge in [-0.2, -0.15) is 0 Å². The average molecular weight is 422 g/mol. The summed E-state index contributed by atoms with van der Waals surface area (Å²) in [6.45, 7) is 5.43. The molecule has 3 heterocycles. The van der Waals surface area contributed by atoms with Crippen molar-refractivity contribution in [3.05, 3.63) is 70.7 Å². The molecule has 0 saturated carbocycles. The zero-order chi connectivity index (χ0) is 20.3. The Kier molecular flexibility index (Phi) is 5.71. The van der Waals surface area contributed by atoms with E-state index in [4.69, 9.17) is 9.47 Å². The minimum atomic E-state index is 0.126. The van der Waals surface area contributed by atoms with Crippen molar-refractivity contribution in [2.75, 3.05) is 33.2 Å². The van der Waals surface area contributed by atoms with Crippen LogP contribution in [-0.4, -0.2) is 48.0 Å². The molecule has 0 aliphatic carbocycles. The molecular formula is C24H27N3O2S. The highest BCUT2D eigenvalue weighted by Gasteiger charge is 2.22. The van der Waals surface area contributed by atoms with Crippen LogP contribution in [-0.2, 0) is 13.0 Å². The summed E-state index contributed by atoms with van der Waals surface area (Å²) in [5.41, 5.74) is 2.44. The monoisotopic (exact) mass is 421 g/mol. The van der Waals surface area contributed by atoms with Gasteiger partial charge in [0.05, 0.1) is 0 Å². The highest BCUT2D eigenvalue weighted by Crippen LogP contribution is 2.38. The lowest BCUT2D eigenvalue weighted by Gasteiger charge is -2.31. The largest absolute Gasteiger partial charge is 0.485 e. The lowest BCUT2D eigenvalue weighted by Crippen LogP contribution is -2.43. The third-order valence-corrected chi connectivity index (χ3v) is 6.72. The van der Waals surface area contributed by atoms with Crippen LogP contribution in [0.3, 0.4) is 0 Å². The van der Waals surface area contributed by atoms with Crippen LogP contribution in [0.2, 0.25) is 0 Å². The maximum atomic E-state index is 6.24. The summed E-state index contributed by atoms with van der Waals surface area (Å²) in [6, 6.07) is 16.5. The minimum Gasteiger partial charge on any atom is -0.485 e. The predicted octanol–water partition coefficient (Wildman–Crippen LogP) is 4.75. The molecule has 5 nitrogen and oxygen atoms in total. The molecule has 2 aliphatic heterocycles. The van der Waals surface area contributed by atoms with Gasteiger partial charge < -0.3 is 14.4 Å². The van der Waals surface area contributed by atoms with Crippen LogP contribution in [0.4, 0.5) is 0 Å². The molecule has 6 heteroatoms. The van der Waals surface area contributed by atoms with E-state index in [1.54, 1.807) is 11.3 Å². The van der Waals surface area contributed by atoms with Crippen LogP contribution in [0.15, 0.2) is 54.7 Å². The number of benzene rings is 2. The number of rotatable bonds is 5. The molecule has 0 amide bonds. The van der Waals surface area contributed by atoms with Crippen LogP contribution in [0, 0.1) is 0 Å². The summed E-state index contributed by atoms with van der Waals surface area (Å²) in [7, 11) is 2.18. The van der Waals surface area contributed by atoms with Crippen molar-refractivity contribution in [1.82, 2.24) is 14.8 Å². The van der Waals surface area contributed by atoms with Gasteiger partial charge in [0.15, 0.2) is 0 Å². The number of aromatic nitrogens is 1. The first-order chi connectivity index (χ1) is 14.7. The molecule has 0 radical (unpaired) electrons. The third-order valence-electron chi connectivity index (χ3n) is 5.86. The molecule has 1 unspecified atom stereocenters. The zero-order valence-corrected chi connectivity index (χ0v) is 18.1. The van der Waals surface area contributed by atoms with Crippen LogP contribution in [0.25, 0.3) is 0 Å². The smallest absolute Gasteiger partial charge is 0.278 e. The van der Waals surface area contributed by atoms with Gasteiger partial charge in [-0.25, -0.2) is 4.98 Å². The molecule has 0 N–H and O–H groups in total. The van der Waals surface area contributed by atoms with Gasteiger partial charge in [0.2, 0.25) is 0 Å². The first-order valence-corrected chi connectivity index (χ1v) is 11.4. The Labute approximate surface area is 181 Å². The number of thiazole rings is 1. The molecule has 0 spiro atoms. The van der Waals surface area contributed by atoms with Gasteiger partial charge in [-0.05, 0) is 49.2 Å². The van der Waals surface area contributed by atoms with Gasteiger partial charge in [-0.15, -0.1) is 0 Å². The van der Waals surface area contributed by atoms with Gasteiger partial charge in [0, 0.05) is 43.8 Å². The van der Waals surface area contributed by atoms with Gasteiger partial charge in [0.1, 0.15) is 17.6 Å². The lowest BCUT2D eigenvalue weighted by atomic mass is 9.97. The highest BCUT2D eigenvalue weighted by molar-refractivity contribution is 7.13. The predicted molar refractivity (Wildman–Crippen MR) is 120 cm³/mol. The Bertz CT molecular complexity index is 983. The molecule has 2 aliphatic rings. The molecule has 5 rings (SSSR count). The van der Waals surface area contributed by atoms with Crippen LogP contribution >= 0.6 is 11.3 Å². The molecule has 1 saturated heterocycles. The molecule has 3 aromatic rings. The third kappa shape index (κ3) is 4.51. The van der Waals surface area contributed by atoms with Crippen molar-refractivity contribution in [3.8, 4) is 16.7 Å². The second-order valence-electron chi connectivity index (χ2n) is 8.10. The van der Waals surface area contributed by atoms with Gasteiger partial charge in [-0.1, -0.05) is 41.7 Å². The number of piperazine rings is 1. The Morgan fingerprint density at radius 2 is 1.93 bits per heavy atom. The van der Waals surface area contributed by atoms with Crippen molar-refractivity contribution in [2.45, 2.75) is 25.5 Å². The summed E-state index contributed by atoms with van der Waals surface area (Å²) < 4.78 is 12.3. The molecule has 156 valence electrons. The average Bonchev–Trinajstić information content (AvgIpc) is 3.22. The summed E-state index contributed by atoms with van der Waals surface area (Å²) in [5.74, 6) is 1.79. The zero-order valence-electron chi connectivity index (χ0n) is 17.3. The van der Waals surface area contributed by atoms with E-state index in [0.717, 1.165) is 57.1 Å². The van der Waals surface area contributed by atoms with E-state index in [2.05, 4.69) is 52.2 Å². The van der Waals surface area contributed by atoms with E-state index in [1.807, 2.05) is 24.4 Å². The van der Waals surface area contributed by atoms with Crippen LogP contribution in [0.5, 0.6) is 16.7 Å². The number of hydrogen-bond donors (Lipinski definition) is 0. The second-order valence-corrected chi connectivity index (χ2v) is 9.18. The topological polar surface area (TPSA) is 37.8 Å². The van der Waals surface area contributed by atoms with Crippen molar-refractivity contribution in [2.24, 2.45) is 0 Å². The number of fused-ring (bicyclic) bond motifs is 1. The summed E-state index contributed by atoms with van der Waals surface area (Å²) in [6.07, 6.45) is 4.04. The van der Waals surface area contributed by atoms with Crippen molar-refractivity contribution < 1.29 is 9.47 Å². The lowest BCUT2D eigenvalue weighted by molar-refractivity contribution is 0.149. The molecule has 1 fully saturated rings. The Morgan fingerprint density at radius 3 is 2.77 bits per heavy atom. The number of hydrogen-bond acceptors (Lipinski definition) is 6. The highest BCUT2D eigenvalue weighted by atomic mass is 32.1. The van der Waals surface area contributed by atoms with Crippen molar-refractivity contribution in [1.29, 1.82) is 0 Å². The van der Waals surface area contributed by atoms with Gasteiger partial charge in [0.25, 0.3) is 5.19 Å². The van der Waals surface area contributed by atoms with E-state index >= 15 is 0 Å². The molecule has 30 heavy (non-hydrogen) atoms. The fourth-order valence-electron chi connectivity index (χ4n) is 4.07. The quantitative estimate of drug-likeness (QED) is 0.594. The molecule has 0 bridgehead atoms. The maximum absolute atomic E-state index is 6.24. The second kappa shape index (κ2) is 8.76. The van der Waals surface area contributed by atoms with E-state index in [1.165, 1.54) is 16.0 Å². The fourth-order valence-corrected chi connectivity index (χ4v) is 4.89. The Balaban J connectivity index is 1.21. The fraction of sp³-hybridized carbons (Fsp3) is 0.375. The summed E-state index contributed by atoms with van der Waals surface area (Å²) in [5, 5.41) is 0.706. The Morgan fingerprint density at radius 1 is 1.10 bits per heavy atom. The molecular weight excluding hydrogens is 394 g/mol. The molecule has 1 atom stereocenters. The van der Waals surface area contributed by atoms with E-state index < -0.39 is 0 Å². The number of aryl methyl sites for hydroxylation is 1. The number of ether oxygens (including phenoxy) is 2. The van der Waals surface area contributed by atoms with Gasteiger partial charge >= 0.3 is 0 Å². The first kappa shape index (κ1) is 19.5. The van der Waals surface area contributed by atoms with Crippen LogP contribution in [0.1, 0.15) is 28.5 Å².